The molecule has 82 valence electrons. The maximum Gasteiger partial charge on any atom is 0.196 e. The van der Waals surface area contributed by atoms with Crippen molar-refractivity contribution in [3.63, 3.8) is 0 Å². The highest BCUT2D eigenvalue weighted by Gasteiger charge is 2.53. The zero-order valence-electron chi connectivity index (χ0n) is 8.51. The number of hydrogen-bond donors (Lipinski definition) is 1. The molecule has 0 atom stereocenters. The summed E-state index contributed by atoms with van der Waals surface area (Å²) in [6.07, 6.45) is 7.10. The predicted octanol–water partition coefficient (Wildman–Crippen LogP) is 1.81. The van der Waals surface area contributed by atoms with E-state index in [0.29, 0.717) is 11.8 Å². The van der Waals surface area contributed by atoms with Gasteiger partial charge < -0.3 is 9.84 Å². The van der Waals surface area contributed by atoms with Crippen LogP contribution in [0.3, 0.4) is 0 Å². The van der Waals surface area contributed by atoms with E-state index in [4.69, 9.17) is 17.0 Å². The first-order valence-corrected chi connectivity index (χ1v) is 7.05. The van der Waals surface area contributed by atoms with Crippen molar-refractivity contribution in [1.29, 1.82) is 0 Å². The minimum absolute atomic E-state index is 0.248. The molecule has 0 unspecified atom stereocenters. The number of rotatable bonds is 2. The van der Waals surface area contributed by atoms with E-state index in [9.17, 15) is 5.11 Å². The van der Waals surface area contributed by atoms with Crippen LogP contribution in [0, 0.1) is 5.41 Å². The SMILES string of the molecule is C[SH2]C(=S)OCC12CCC(O)(CC1)C2. The molecular weight excluding hydrogens is 216 g/mol. The van der Waals surface area contributed by atoms with E-state index in [1.165, 1.54) is 0 Å². The van der Waals surface area contributed by atoms with Crippen molar-refractivity contribution in [1.82, 2.24) is 0 Å². The molecule has 0 heterocycles. The first kappa shape index (κ1) is 10.7. The van der Waals surface area contributed by atoms with E-state index < -0.39 is 0 Å². The molecule has 2 fully saturated rings. The maximum absolute atomic E-state index is 10.0. The molecule has 2 aliphatic rings. The first-order chi connectivity index (χ1) is 6.58. The molecule has 0 radical (unpaired) electrons. The highest BCUT2D eigenvalue weighted by atomic mass is 32.2. The van der Waals surface area contributed by atoms with Crippen molar-refractivity contribution in [3.8, 4) is 0 Å². The monoisotopic (exact) mass is 234 g/mol. The second kappa shape index (κ2) is 3.65. The molecule has 0 saturated heterocycles. The minimum Gasteiger partial charge on any atom is -0.479 e. The van der Waals surface area contributed by atoms with Gasteiger partial charge in [0, 0.05) is 5.41 Å². The van der Waals surface area contributed by atoms with Crippen LogP contribution in [0.1, 0.15) is 32.1 Å². The fourth-order valence-electron chi connectivity index (χ4n) is 2.78. The Kier molecular flexibility index (Phi) is 2.79. The largest absolute Gasteiger partial charge is 0.479 e. The van der Waals surface area contributed by atoms with Crippen LogP contribution in [0.15, 0.2) is 0 Å². The summed E-state index contributed by atoms with van der Waals surface area (Å²) in [6.45, 7) is 0.731. The lowest BCUT2D eigenvalue weighted by Gasteiger charge is -2.26. The van der Waals surface area contributed by atoms with Gasteiger partial charge >= 0.3 is 0 Å². The number of aliphatic hydroxyl groups is 1. The van der Waals surface area contributed by atoms with Gasteiger partial charge in [0.2, 0.25) is 0 Å². The summed E-state index contributed by atoms with van der Waals surface area (Å²) in [7, 11) is 0. The average Bonchev–Trinajstić information content (AvgIpc) is 2.68. The third kappa shape index (κ3) is 1.92. The summed E-state index contributed by atoms with van der Waals surface area (Å²) >= 11 is 5.65. The Bertz CT molecular complexity index is 245. The van der Waals surface area contributed by atoms with Gasteiger partial charge in [0.05, 0.1) is 12.2 Å². The van der Waals surface area contributed by atoms with E-state index in [-0.39, 0.29) is 11.0 Å². The summed E-state index contributed by atoms with van der Waals surface area (Å²) in [6, 6.07) is 0. The molecule has 2 aliphatic carbocycles. The zero-order chi connectivity index (χ0) is 10.2. The minimum atomic E-state index is -0.362. The Balaban J connectivity index is 1.90. The number of hydrogen-bond acceptors (Lipinski definition) is 3. The van der Waals surface area contributed by atoms with Crippen LogP contribution in [0.25, 0.3) is 0 Å². The predicted molar refractivity (Wildman–Crippen MR) is 65.3 cm³/mol. The third-order valence-corrected chi connectivity index (χ3v) is 4.94. The quantitative estimate of drug-likeness (QED) is 0.739. The average molecular weight is 234 g/mol. The van der Waals surface area contributed by atoms with Crippen molar-refractivity contribution in [2.24, 2.45) is 5.41 Å². The lowest BCUT2D eigenvalue weighted by Crippen LogP contribution is -2.22. The van der Waals surface area contributed by atoms with Crippen molar-refractivity contribution in [2.75, 3.05) is 12.9 Å². The van der Waals surface area contributed by atoms with Crippen LogP contribution in [0.2, 0.25) is 0 Å². The summed E-state index contributed by atoms with van der Waals surface area (Å²) < 4.78 is 6.31. The standard InChI is InChI=1S/C10H18O2S2/c1-14-8(13)12-7-9-2-4-10(11,6-9)5-3-9/h11H,2-7,14H2,1H3. The van der Waals surface area contributed by atoms with Crippen LogP contribution in [0.5, 0.6) is 0 Å². The van der Waals surface area contributed by atoms with Gasteiger partial charge in [-0.15, -0.1) is 0 Å². The van der Waals surface area contributed by atoms with E-state index in [2.05, 4.69) is 0 Å². The fraction of sp³-hybridized carbons (Fsp3) is 0.900. The maximum atomic E-state index is 10.0. The summed E-state index contributed by atoms with van der Waals surface area (Å²) in [4.78, 5) is 0. The molecule has 0 spiro atoms. The van der Waals surface area contributed by atoms with Gasteiger partial charge in [-0.3, -0.25) is 0 Å². The Morgan fingerprint density at radius 2 is 2.07 bits per heavy atom. The number of fused-ring (bicyclic) bond motifs is 2. The van der Waals surface area contributed by atoms with Gasteiger partial charge in [0.1, 0.15) is 0 Å². The van der Waals surface area contributed by atoms with Gasteiger partial charge in [-0.1, -0.05) is 0 Å². The molecule has 4 heteroatoms. The smallest absolute Gasteiger partial charge is 0.196 e. The molecule has 0 aromatic rings. The molecule has 2 rings (SSSR count). The van der Waals surface area contributed by atoms with Crippen LogP contribution >= 0.6 is 24.0 Å². The lowest BCUT2D eigenvalue weighted by atomic mass is 9.85. The Hall–Kier alpha value is 0.200. The summed E-state index contributed by atoms with van der Waals surface area (Å²) in [5.41, 5.74) is -0.113. The van der Waals surface area contributed by atoms with E-state index in [1.54, 1.807) is 0 Å². The van der Waals surface area contributed by atoms with Crippen molar-refractivity contribution < 1.29 is 9.84 Å². The second-order valence-corrected chi connectivity index (χ2v) is 6.41. The number of thiocarbonyl (C=S) groups is 1. The highest BCUT2D eigenvalue weighted by Crippen LogP contribution is 2.56. The molecule has 0 aromatic heterocycles. The second-order valence-electron chi connectivity index (χ2n) is 4.73. The molecule has 1 N–H and O–H groups in total. The van der Waals surface area contributed by atoms with Gasteiger partial charge in [0.25, 0.3) is 0 Å². The molecule has 14 heavy (non-hydrogen) atoms. The number of ether oxygens (including phenoxy) is 1. The Morgan fingerprint density at radius 3 is 2.50 bits per heavy atom. The topological polar surface area (TPSA) is 29.5 Å². The van der Waals surface area contributed by atoms with Crippen molar-refractivity contribution >= 4 is 28.4 Å². The zero-order valence-corrected chi connectivity index (χ0v) is 10.3. The summed E-state index contributed by atoms with van der Waals surface area (Å²) in [5.74, 6) is 0. The molecule has 0 aromatic carbocycles. The van der Waals surface area contributed by atoms with E-state index in [1.807, 2.05) is 6.26 Å². The Labute approximate surface area is 94.4 Å². The van der Waals surface area contributed by atoms with Crippen LogP contribution in [-0.2, 0) is 4.74 Å². The normalized spacial score (nSPS) is 41.6. The first-order valence-electron chi connectivity index (χ1n) is 5.15. The van der Waals surface area contributed by atoms with Crippen LogP contribution in [-0.4, -0.2) is 28.0 Å². The van der Waals surface area contributed by atoms with E-state index in [0.717, 1.165) is 43.1 Å². The molecule has 0 amide bonds. The van der Waals surface area contributed by atoms with Gasteiger partial charge in [0.15, 0.2) is 4.38 Å². The van der Waals surface area contributed by atoms with Gasteiger partial charge in [-0.2, -0.15) is 11.8 Å². The third-order valence-electron chi connectivity index (χ3n) is 3.66. The summed E-state index contributed by atoms with van der Waals surface area (Å²) in [5, 5.41) is 10.0. The van der Waals surface area contributed by atoms with Crippen LogP contribution < -0.4 is 0 Å². The lowest BCUT2D eigenvalue weighted by molar-refractivity contribution is 0.0520. The van der Waals surface area contributed by atoms with Gasteiger partial charge in [-0.25, -0.2) is 0 Å². The molecule has 2 bridgehead atoms. The molecule has 2 nitrogen and oxygen atoms in total. The van der Waals surface area contributed by atoms with Crippen LogP contribution in [0.4, 0.5) is 0 Å². The molecule has 0 aliphatic heterocycles. The highest BCUT2D eigenvalue weighted by molar-refractivity contribution is 8.22. The fourth-order valence-corrected chi connectivity index (χ4v) is 3.06. The molecular formula is C10H18O2S2. The Morgan fingerprint density at radius 1 is 1.43 bits per heavy atom. The van der Waals surface area contributed by atoms with Gasteiger partial charge in [-0.05, 0) is 50.6 Å². The van der Waals surface area contributed by atoms with Crippen molar-refractivity contribution in [2.45, 2.75) is 37.7 Å². The van der Waals surface area contributed by atoms with Crippen molar-refractivity contribution in [3.05, 3.63) is 0 Å². The molecule has 2 saturated carbocycles. The van der Waals surface area contributed by atoms with E-state index >= 15 is 0 Å².